The molecule has 29 heavy (non-hydrogen) atoms. The molecule has 2 N–H and O–H groups in total. The lowest BCUT2D eigenvalue weighted by molar-refractivity contribution is -0.129. The van der Waals surface area contributed by atoms with Gasteiger partial charge in [-0.15, -0.1) is 0 Å². The largest absolute Gasteiger partial charge is 0.508 e. The van der Waals surface area contributed by atoms with E-state index in [1.165, 1.54) is 16.7 Å². The Balaban J connectivity index is 1.41. The number of rotatable bonds is 3. The van der Waals surface area contributed by atoms with Crippen LogP contribution in [0.4, 0.5) is 0 Å². The monoisotopic (exact) mass is 390 g/mol. The molecule has 0 aliphatic heterocycles. The third-order valence-corrected chi connectivity index (χ3v) is 8.29. The summed E-state index contributed by atoms with van der Waals surface area (Å²) in [7, 11) is 0. The number of aryl methyl sites for hydroxylation is 2. The number of hydrogen-bond donors (Lipinski definition) is 2. The van der Waals surface area contributed by atoms with Crippen LogP contribution in [0.2, 0.25) is 0 Å². The summed E-state index contributed by atoms with van der Waals surface area (Å²) in [6, 6.07) is 13.4. The van der Waals surface area contributed by atoms with Gasteiger partial charge in [0.05, 0.1) is 0 Å². The Bertz CT molecular complexity index is 931. The molecule has 5 unspecified atom stereocenters. The maximum atomic E-state index is 13.1. The van der Waals surface area contributed by atoms with E-state index < -0.39 is 0 Å². The Kier molecular flexibility index (Phi) is 4.45. The van der Waals surface area contributed by atoms with Crippen LogP contribution in [-0.2, 0) is 17.6 Å². The van der Waals surface area contributed by atoms with Crippen molar-refractivity contribution >= 4 is 5.78 Å². The first-order chi connectivity index (χ1) is 14.0. The number of benzene rings is 2. The Hall–Kier alpha value is -2.29. The molecule has 152 valence electrons. The molecule has 0 heterocycles. The van der Waals surface area contributed by atoms with Crippen LogP contribution in [0.25, 0.3) is 0 Å². The zero-order valence-corrected chi connectivity index (χ0v) is 17.1. The molecule has 0 spiro atoms. The Morgan fingerprint density at radius 1 is 1.03 bits per heavy atom. The summed E-state index contributed by atoms with van der Waals surface area (Å²) in [6.45, 7) is 2.24. The second-order valence-electron chi connectivity index (χ2n) is 9.77. The number of aromatic hydroxyl groups is 2. The SMILES string of the molecule is CC12CCC3c4ccc(O)cc4CCC3C1C(CCc1ccc(O)cc1)CC2=O. The van der Waals surface area contributed by atoms with Crippen molar-refractivity contribution in [3.8, 4) is 11.5 Å². The lowest BCUT2D eigenvalue weighted by atomic mass is 9.54. The first kappa shape index (κ1) is 18.7. The van der Waals surface area contributed by atoms with Gasteiger partial charge in [0, 0.05) is 11.8 Å². The van der Waals surface area contributed by atoms with Crippen LogP contribution in [0.3, 0.4) is 0 Å². The summed E-state index contributed by atoms with van der Waals surface area (Å²) < 4.78 is 0. The fourth-order valence-corrected chi connectivity index (χ4v) is 6.91. The number of carbonyl (C=O) groups is 1. The van der Waals surface area contributed by atoms with E-state index in [4.69, 9.17) is 0 Å². The minimum absolute atomic E-state index is 0.158. The molecule has 2 aromatic rings. The average Bonchev–Trinajstić information content (AvgIpc) is 2.97. The molecule has 0 amide bonds. The van der Waals surface area contributed by atoms with Gasteiger partial charge in [-0.1, -0.05) is 25.1 Å². The zero-order valence-electron chi connectivity index (χ0n) is 17.1. The zero-order chi connectivity index (χ0) is 20.2. The normalized spacial score (nSPS) is 33.1. The molecule has 5 rings (SSSR count). The van der Waals surface area contributed by atoms with Crippen LogP contribution in [0, 0.1) is 23.2 Å². The third kappa shape index (κ3) is 3.06. The van der Waals surface area contributed by atoms with Gasteiger partial charge in [0.15, 0.2) is 0 Å². The van der Waals surface area contributed by atoms with E-state index >= 15 is 0 Å². The fraction of sp³-hybridized carbons (Fsp3) is 0.500. The number of hydrogen-bond acceptors (Lipinski definition) is 3. The van der Waals surface area contributed by atoms with Crippen molar-refractivity contribution in [2.45, 2.75) is 57.8 Å². The molecular weight excluding hydrogens is 360 g/mol. The Morgan fingerprint density at radius 2 is 1.79 bits per heavy atom. The van der Waals surface area contributed by atoms with Crippen molar-refractivity contribution in [2.75, 3.05) is 0 Å². The van der Waals surface area contributed by atoms with E-state index in [0.717, 1.165) is 44.9 Å². The van der Waals surface area contributed by atoms with Gasteiger partial charge in [-0.25, -0.2) is 0 Å². The fourth-order valence-electron chi connectivity index (χ4n) is 6.91. The third-order valence-electron chi connectivity index (χ3n) is 8.29. The lowest BCUT2D eigenvalue weighted by Gasteiger charge is -2.50. The number of Topliss-reactive ketones (excluding diaryl/α,β-unsaturated/α-hetero) is 1. The number of fused-ring (bicyclic) bond motifs is 5. The van der Waals surface area contributed by atoms with Gasteiger partial charge in [0.2, 0.25) is 0 Å². The molecule has 2 saturated carbocycles. The number of phenolic OH excluding ortho intramolecular Hbond substituents is 2. The minimum atomic E-state index is -0.158. The lowest BCUT2D eigenvalue weighted by Crippen LogP contribution is -2.44. The van der Waals surface area contributed by atoms with Crippen LogP contribution in [-0.4, -0.2) is 16.0 Å². The molecule has 3 nitrogen and oxygen atoms in total. The van der Waals surface area contributed by atoms with E-state index in [-0.39, 0.29) is 5.41 Å². The summed E-state index contributed by atoms with van der Waals surface area (Å²) >= 11 is 0. The maximum absolute atomic E-state index is 13.1. The van der Waals surface area contributed by atoms with E-state index in [1.54, 1.807) is 12.1 Å². The van der Waals surface area contributed by atoms with Gasteiger partial charge in [0.1, 0.15) is 17.3 Å². The van der Waals surface area contributed by atoms with Crippen LogP contribution in [0.1, 0.15) is 61.6 Å². The summed E-state index contributed by atoms with van der Waals surface area (Å²) in [5.41, 5.74) is 3.80. The van der Waals surface area contributed by atoms with Crippen LogP contribution in [0.5, 0.6) is 11.5 Å². The standard InChI is InChI=1S/C26H30O3/c1-26-13-12-22-21-11-9-20(28)14-17(21)6-10-23(22)25(26)18(15-24(26)29)5-2-16-3-7-19(27)8-4-16/h3-4,7-9,11,14,18,22-23,25,27-28H,2,5-6,10,12-13,15H2,1H3. The van der Waals surface area contributed by atoms with Crippen LogP contribution >= 0.6 is 0 Å². The second-order valence-corrected chi connectivity index (χ2v) is 9.77. The van der Waals surface area contributed by atoms with E-state index in [2.05, 4.69) is 13.0 Å². The number of phenols is 2. The predicted molar refractivity (Wildman–Crippen MR) is 113 cm³/mol. The molecule has 2 fully saturated rings. The van der Waals surface area contributed by atoms with Crippen molar-refractivity contribution in [2.24, 2.45) is 23.2 Å². The molecule has 3 heteroatoms. The quantitative estimate of drug-likeness (QED) is 0.739. The highest BCUT2D eigenvalue weighted by Gasteiger charge is 2.58. The summed E-state index contributed by atoms with van der Waals surface area (Å²) in [6.07, 6.45) is 6.96. The molecule has 0 saturated heterocycles. The van der Waals surface area contributed by atoms with E-state index in [9.17, 15) is 15.0 Å². The van der Waals surface area contributed by atoms with Crippen molar-refractivity contribution in [1.29, 1.82) is 0 Å². The highest BCUT2D eigenvalue weighted by Crippen LogP contribution is 2.62. The van der Waals surface area contributed by atoms with E-state index in [0.29, 0.717) is 41.0 Å². The summed E-state index contributed by atoms with van der Waals surface area (Å²) in [4.78, 5) is 13.1. The minimum Gasteiger partial charge on any atom is -0.508 e. The number of carbonyl (C=O) groups excluding carboxylic acids is 1. The summed E-state index contributed by atoms with van der Waals surface area (Å²) in [5.74, 6) is 3.17. The highest BCUT2D eigenvalue weighted by atomic mass is 16.3. The topological polar surface area (TPSA) is 57.5 Å². The first-order valence-corrected chi connectivity index (χ1v) is 11.1. The molecule has 0 bridgehead atoms. The van der Waals surface area contributed by atoms with E-state index in [1.807, 2.05) is 24.3 Å². The average molecular weight is 391 g/mol. The molecule has 3 aliphatic carbocycles. The summed E-state index contributed by atoms with van der Waals surface area (Å²) in [5, 5.41) is 19.4. The Labute approximate surface area is 172 Å². The van der Waals surface area contributed by atoms with Gasteiger partial charge in [-0.3, -0.25) is 4.79 Å². The van der Waals surface area contributed by atoms with Crippen molar-refractivity contribution < 1.29 is 15.0 Å². The van der Waals surface area contributed by atoms with Gasteiger partial charge in [-0.2, -0.15) is 0 Å². The van der Waals surface area contributed by atoms with Gasteiger partial charge < -0.3 is 10.2 Å². The number of ketones is 1. The first-order valence-electron chi connectivity index (χ1n) is 11.1. The Morgan fingerprint density at radius 3 is 2.59 bits per heavy atom. The molecule has 0 aromatic heterocycles. The van der Waals surface area contributed by atoms with Crippen LogP contribution in [0.15, 0.2) is 42.5 Å². The molecule has 5 atom stereocenters. The van der Waals surface area contributed by atoms with Gasteiger partial charge in [0.25, 0.3) is 0 Å². The second kappa shape index (κ2) is 6.90. The van der Waals surface area contributed by atoms with Gasteiger partial charge in [-0.05, 0) is 103 Å². The maximum Gasteiger partial charge on any atom is 0.139 e. The molecule has 2 aromatic carbocycles. The highest BCUT2D eigenvalue weighted by molar-refractivity contribution is 5.87. The van der Waals surface area contributed by atoms with Crippen molar-refractivity contribution in [3.05, 3.63) is 59.2 Å². The predicted octanol–water partition coefficient (Wildman–Crippen LogP) is 5.38. The smallest absolute Gasteiger partial charge is 0.139 e. The van der Waals surface area contributed by atoms with Crippen molar-refractivity contribution in [3.63, 3.8) is 0 Å². The van der Waals surface area contributed by atoms with Crippen LogP contribution < -0.4 is 0 Å². The molecular formula is C26H30O3. The molecule has 0 radical (unpaired) electrons. The molecule has 3 aliphatic rings. The van der Waals surface area contributed by atoms with Crippen molar-refractivity contribution in [1.82, 2.24) is 0 Å². The van der Waals surface area contributed by atoms with Gasteiger partial charge >= 0.3 is 0 Å².